The number of nitrogens with zero attached hydrogens (tertiary/aromatic N) is 3. The average molecular weight is 445 g/mol. The Balaban J connectivity index is 1.66. The molecule has 3 rings (SSSR count). The zero-order chi connectivity index (χ0) is 21.7. The van der Waals surface area contributed by atoms with Crippen molar-refractivity contribution in [1.82, 2.24) is 4.90 Å². The van der Waals surface area contributed by atoms with E-state index in [9.17, 15) is 19.7 Å². The third kappa shape index (κ3) is 5.55. The van der Waals surface area contributed by atoms with E-state index in [1.54, 1.807) is 11.0 Å². The van der Waals surface area contributed by atoms with Gasteiger partial charge in [-0.05, 0) is 35.6 Å². The van der Waals surface area contributed by atoms with Crippen molar-refractivity contribution in [2.75, 3.05) is 17.6 Å². The lowest BCUT2D eigenvalue weighted by atomic mass is 10.2. The summed E-state index contributed by atoms with van der Waals surface area (Å²) in [6.45, 7) is 4.53. The normalized spacial score (nSPS) is 15.0. The average Bonchev–Trinajstić information content (AvgIpc) is 3.30. The molecule has 0 aliphatic carbocycles. The molecule has 0 atom stereocenters. The molecule has 2 aromatic rings. The Morgan fingerprint density at radius 2 is 2.07 bits per heavy atom. The van der Waals surface area contributed by atoms with Crippen LogP contribution < -0.4 is 5.32 Å². The van der Waals surface area contributed by atoms with Crippen LogP contribution in [-0.2, 0) is 9.59 Å². The van der Waals surface area contributed by atoms with Gasteiger partial charge in [0.1, 0.15) is 5.70 Å². The number of amides is 2. The Morgan fingerprint density at radius 3 is 2.67 bits per heavy atom. The Bertz CT molecular complexity index is 998. The highest BCUT2D eigenvalue weighted by Gasteiger charge is 2.31. The second-order valence-corrected chi connectivity index (χ2v) is 8.81. The molecule has 1 aliphatic rings. The van der Waals surface area contributed by atoms with E-state index < -0.39 is 4.92 Å². The maximum absolute atomic E-state index is 12.8. The SMILES string of the molecule is CC(C)CN1C(=O)/C(=C/c2cccs2)N=C1SCC(=O)Nc1ccc([N+](=O)[O-])cc1. The van der Waals surface area contributed by atoms with Crippen molar-refractivity contribution in [2.24, 2.45) is 10.9 Å². The van der Waals surface area contributed by atoms with Crippen molar-refractivity contribution in [2.45, 2.75) is 13.8 Å². The number of carbonyl (C=O) groups excluding carboxylic acids is 2. The Kier molecular flexibility index (Phi) is 7.01. The highest BCUT2D eigenvalue weighted by Crippen LogP contribution is 2.26. The largest absolute Gasteiger partial charge is 0.325 e. The van der Waals surface area contributed by atoms with Crippen molar-refractivity contribution in [3.8, 4) is 0 Å². The van der Waals surface area contributed by atoms with E-state index >= 15 is 0 Å². The Morgan fingerprint density at radius 1 is 1.33 bits per heavy atom. The molecular weight excluding hydrogens is 424 g/mol. The van der Waals surface area contributed by atoms with Gasteiger partial charge in [-0.2, -0.15) is 0 Å². The summed E-state index contributed by atoms with van der Waals surface area (Å²) in [5, 5.41) is 15.8. The van der Waals surface area contributed by atoms with Crippen molar-refractivity contribution < 1.29 is 14.5 Å². The lowest BCUT2D eigenvalue weighted by Gasteiger charge is -2.19. The number of thiophene rings is 1. The predicted octanol–water partition coefficient (Wildman–Crippen LogP) is 4.22. The smallest absolute Gasteiger partial charge is 0.278 e. The summed E-state index contributed by atoms with van der Waals surface area (Å²) in [6.07, 6.45) is 1.75. The first-order valence-electron chi connectivity index (χ1n) is 9.16. The highest BCUT2D eigenvalue weighted by atomic mass is 32.2. The van der Waals surface area contributed by atoms with Gasteiger partial charge in [-0.1, -0.05) is 31.7 Å². The molecule has 0 bridgehead atoms. The minimum atomic E-state index is -0.499. The summed E-state index contributed by atoms with van der Waals surface area (Å²) in [5.41, 5.74) is 0.778. The number of non-ortho nitro benzene ring substituents is 1. The third-order valence-corrected chi connectivity index (χ3v) is 5.77. The number of amidine groups is 1. The number of nitro groups is 1. The molecule has 0 spiro atoms. The van der Waals surface area contributed by atoms with Crippen LogP contribution in [0, 0.1) is 16.0 Å². The molecule has 0 saturated carbocycles. The van der Waals surface area contributed by atoms with E-state index in [0.29, 0.717) is 23.1 Å². The Hall–Kier alpha value is -2.98. The molecule has 0 radical (unpaired) electrons. The maximum Gasteiger partial charge on any atom is 0.278 e. The molecule has 0 saturated heterocycles. The van der Waals surface area contributed by atoms with Crippen LogP contribution in [0.5, 0.6) is 0 Å². The number of benzene rings is 1. The van der Waals surface area contributed by atoms with Crippen LogP contribution in [0.4, 0.5) is 11.4 Å². The number of nitrogens with one attached hydrogen (secondary N) is 1. The molecule has 30 heavy (non-hydrogen) atoms. The summed E-state index contributed by atoms with van der Waals surface area (Å²) in [5.74, 6) is -0.154. The number of hydrogen-bond acceptors (Lipinski definition) is 7. The molecule has 2 heterocycles. The monoisotopic (exact) mass is 444 g/mol. The summed E-state index contributed by atoms with van der Waals surface area (Å²) in [7, 11) is 0. The van der Waals surface area contributed by atoms with Gasteiger partial charge >= 0.3 is 0 Å². The molecule has 1 aromatic heterocycles. The second-order valence-electron chi connectivity index (χ2n) is 6.89. The number of carbonyl (C=O) groups is 2. The molecule has 1 aliphatic heterocycles. The van der Waals surface area contributed by atoms with Crippen LogP contribution in [0.25, 0.3) is 6.08 Å². The fourth-order valence-electron chi connectivity index (χ4n) is 2.67. The first kappa shape index (κ1) is 21.7. The van der Waals surface area contributed by atoms with Crippen molar-refractivity contribution in [1.29, 1.82) is 0 Å². The van der Waals surface area contributed by atoms with Gasteiger partial charge < -0.3 is 5.32 Å². The number of hydrogen-bond donors (Lipinski definition) is 1. The number of nitro benzene ring substituents is 1. The van der Waals surface area contributed by atoms with Crippen LogP contribution >= 0.6 is 23.1 Å². The predicted molar refractivity (Wildman–Crippen MR) is 120 cm³/mol. The topological polar surface area (TPSA) is 105 Å². The standard InChI is InChI=1S/C20H20N4O4S2/c1-13(2)11-23-19(26)17(10-16-4-3-9-29-16)22-20(23)30-12-18(25)21-14-5-7-15(8-6-14)24(27)28/h3-10,13H,11-12H2,1-2H3,(H,21,25)/b17-10-. The first-order valence-corrected chi connectivity index (χ1v) is 11.0. The first-order chi connectivity index (χ1) is 14.3. The van der Waals surface area contributed by atoms with Gasteiger partial charge in [0.2, 0.25) is 5.91 Å². The Labute approximate surface area is 181 Å². The van der Waals surface area contributed by atoms with Crippen LogP contribution in [0.3, 0.4) is 0 Å². The van der Waals surface area contributed by atoms with Crippen LogP contribution in [0.1, 0.15) is 18.7 Å². The van der Waals surface area contributed by atoms with Crippen LogP contribution in [0.2, 0.25) is 0 Å². The highest BCUT2D eigenvalue weighted by molar-refractivity contribution is 8.14. The zero-order valence-electron chi connectivity index (χ0n) is 16.4. The van der Waals surface area contributed by atoms with E-state index in [2.05, 4.69) is 10.3 Å². The van der Waals surface area contributed by atoms with E-state index in [1.165, 1.54) is 47.4 Å². The third-order valence-electron chi connectivity index (χ3n) is 3.98. The molecule has 0 unspecified atom stereocenters. The van der Waals surface area contributed by atoms with Crippen LogP contribution in [0.15, 0.2) is 52.5 Å². The fraction of sp³-hybridized carbons (Fsp3) is 0.250. The minimum absolute atomic E-state index is 0.0458. The molecule has 0 fully saturated rings. The van der Waals surface area contributed by atoms with Crippen molar-refractivity contribution in [3.63, 3.8) is 0 Å². The number of thioether (sulfide) groups is 1. The minimum Gasteiger partial charge on any atom is -0.325 e. The molecule has 10 heteroatoms. The fourth-order valence-corrected chi connectivity index (χ4v) is 4.13. The molecular formula is C20H20N4O4S2. The van der Waals surface area contributed by atoms with Gasteiger partial charge in [0, 0.05) is 29.2 Å². The van der Waals surface area contributed by atoms with Gasteiger partial charge in [0.15, 0.2) is 5.17 Å². The summed E-state index contributed by atoms with van der Waals surface area (Å²) in [6, 6.07) is 9.43. The van der Waals surface area contributed by atoms with Gasteiger partial charge in [0.05, 0.1) is 10.7 Å². The zero-order valence-corrected chi connectivity index (χ0v) is 18.0. The van der Waals surface area contributed by atoms with E-state index in [0.717, 1.165) is 4.88 Å². The number of anilines is 1. The number of rotatable bonds is 7. The maximum atomic E-state index is 12.8. The summed E-state index contributed by atoms with van der Waals surface area (Å²) < 4.78 is 0. The van der Waals surface area contributed by atoms with Crippen LogP contribution in [-0.4, -0.2) is 39.1 Å². The van der Waals surface area contributed by atoms with Gasteiger partial charge in [-0.25, -0.2) is 4.99 Å². The van der Waals surface area contributed by atoms with Crippen molar-refractivity contribution >= 4 is 57.5 Å². The molecule has 8 nitrogen and oxygen atoms in total. The lowest BCUT2D eigenvalue weighted by molar-refractivity contribution is -0.384. The van der Waals surface area contributed by atoms with E-state index in [4.69, 9.17) is 0 Å². The van der Waals surface area contributed by atoms with Crippen molar-refractivity contribution in [3.05, 3.63) is 62.5 Å². The van der Waals surface area contributed by atoms with Gasteiger partial charge in [-0.3, -0.25) is 24.6 Å². The summed E-state index contributed by atoms with van der Waals surface area (Å²) >= 11 is 2.71. The quantitative estimate of drug-likeness (QED) is 0.391. The molecule has 1 aromatic carbocycles. The lowest BCUT2D eigenvalue weighted by Crippen LogP contribution is -2.34. The second kappa shape index (κ2) is 9.68. The van der Waals surface area contributed by atoms with E-state index in [-0.39, 0.29) is 29.2 Å². The summed E-state index contributed by atoms with van der Waals surface area (Å²) in [4.78, 5) is 42.3. The molecule has 1 N–H and O–H groups in total. The number of aliphatic imine (C=N–C) groups is 1. The van der Waals surface area contributed by atoms with Gasteiger partial charge in [-0.15, -0.1) is 11.3 Å². The molecule has 156 valence electrons. The van der Waals surface area contributed by atoms with E-state index in [1.807, 2.05) is 31.4 Å². The molecule has 2 amide bonds. The van der Waals surface area contributed by atoms with Gasteiger partial charge in [0.25, 0.3) is 11.6 Å².